The zero-order valence-electron chi connectivity index (χ0n) is 11.0. The Morgan fingerprint density at radius 1 is 1.19 bits per heavy atom. The smallest absolute Gasteiger partial charge is 0.214 e. The van der Waals surface area contributed by atoms with Crippen molar-refractivity contribution in [3.8, 4) is 0 Å². The van der Waals surface area contributed by atoms with Crippen LogP contribution >= 0.6 is 0 Å². The van der Waals surface area contributed by atoms with Crippen molar-refractivity contribution in [3.63, 3.8) is 0 Å². The van der Waals surface area contributed by atoms with Gasteiger partial charge in [-0.05, 0) is 18.3 Å². The van der Waals surface area contributed by atoms with Crippen molar-refractivity contribution in [1.29, 1.82) is 0 Å². The molecule has 0 aromatic carbocycles. The fourth-order valence-corrected chi connectivity index (χ4v) is 3.32. The Kier molecular flexibility index (Phi) is 6.51. The molecule has 0 aromatic heterocycles. The SMILES string of the molecule is CCCN(CCN)S(=O)(=O)CCC(C)(C)C. The lowest BCUT2D eigenvalue weighted by Crippen LogP contribution is -2.38. The maximum absolute atomic E-state index is 12.0. The third-order valence-corrected chi connectivity index (χ3v) is 4.23. The van der Waals surface area contributed by atoms with Gasteiger partial charge in [0.1, 0.15) is 0 Å². The summed E-state index contributed by atoms with van der Waals surface area (Å²) in [5, 5.41) is 0. The van der Waals surface area contributed by atoms with Crippen molar-refractivity contribution < 1.29 is 8.42 Å². The first-order chi connectivity index (χ1) is 7.23. The Labute approximate surface area is 100 Å². The highest BCUT2D eigenvalue weighted by Gasteiger charge is 2.23. The third kappa shape index (κ3) is 6.45. The molecule has 0 unspecified atom stereocenters. The first-order valence-corrected chi connectivity index (χ1v) is 7.52. The van der Waals surface area contributed by atoms with Crippen LogP contribution in [0.5, 0.6) is 0 Å². The summed E-state index contributed by atoms with van der Waals surface area (Å²) in [7, 11) is -3.13. The second kappa shape index (κ2) is 6.57. The minimum atomic E-state index is -3.13. The second-order valence-electron chi connectivity index (χ2n) is 5.31. The van der Waals surface area contributed by atoms with Crippen LogP contribution in [0, 0.1) is 5.41 Å². The molecule has 0 fully saturated rings. The van der Waals surface area contributed by atoms with E-state index in [1.165, 1.54) is 4.31 Å². The van der Waals surface area contributed by atoms with E-state index in [-0.39, 0.29) is 11.2 Å². The van der Waals surface area contributed by atoms with Gasteiger partial charge in [0.25, 0.3) is 0 Å². The summed E-state index contributed by atoms with van der Waals surface area (Å²) < 4.78 is 25.6. The van der Waals surface area contributed by atoms with Crippen molar-refractivity contribution in [2.45, 2.75) is 40.5 Å². The summed E-state index contributed by atoms with van der Waals surface area (Å²) in [6.45, 7) is 9.52. The van der Waals surface area contributed by atoms with Gasteiger partial charge >= 0.3 is 0 Å². The molecule has 0 aliphatic carbocycles. The number of hydrogen-bond acceptors (Lipinski definition) is 3. The number of sulfonamides is 1. The van der Waals surface area contributed by atoms with E-state index in [1.807, 2.05) is 6.92 Å². The predicted molar refractivity (Wildman–Crippen MR) is 68.8 cm³/mol. The Bertz CT molecular complexity index is 275. The van der Waals surface area contributed by atoms with Crippen LogP contribution in [-0.2, 0) is 10.0 Å². The van der Waals surface area contributed by atoms with E-state index >= 15 is 0 Å². The van der Waals surface area contributed by atoms with E-state index in [0.717, 1.165) is 6.42 Å². The minimum absolute atomic E-state index is 0.0493. The van der Waals surface area contributed by atoms with Crippen LogP contribution in [0.2, 0.25) is 0 Å². The monoisotopic (exact) mass is 250 g/mol. The first kappa shape index (κ1) is 15.9. The Balaban J connectivity index is 4.47. The van der Waals surface area contributed by atoms with Crippen molar-refractivity contribution in [3.05, 3.63) is 0 Å². The molecule has 4 nitrogen and oxygen atoms in total. The summed E-state index contributed by atoms with van der Waals surface area (Å²) in [5.41, 5.74) is 5.48. The average Bonchev–Trinajstić information content (AvgIpc) is 2.14. The molecule has 0 aliphatic rings. The van der Waals surface area contributed by atoms with Crippen LogP contribution in [0.15, 0.2) is 0 Å². The number of nitrogens with two attached hydrogens (primary N) is 1. The van der Waals surface area contributed by atoms with E-state index in [1.54, 1.807) is 0 Å². The molecule has 0 aromatic rings. The molecule has 0 radical (unpaired) electrons. The van der Waals surface area contributed by atoms with Gasteiger partial charge < -0.3 is 5.73 Å². The van der Waals surface area contributed by atoms with Gasteiger partial charge in [0.2, 0.25) is 10.0 Å². The first-order valence-electron chi connectivity index (χ1n) is 5.91. The van der Waals surface area contributed by atoms with Crippen molar-refractivity contribution >= 4 is 10.0 Å². The molecule has 16 heavy (non-hydrogen) atoms. The van der Waals surface area contributed by atoms with Crippen LogP contribution in [0.3, 0.4) is 0 Å². The summed E-state index contributed by atoms with van der Waals surface area (Å²) in [6, 6.07) is 0. The number of nitrogens with zero attached hydrogens (tertiary/aromatic N) is 1. The van der Waals surface area contributed by atoms with Crippen LogP contribution in [0.4, 0.5) is 0 Å². The summed E-state index contributed by atoms with van der Waals surface area (Å²) in [4.78, 5) is 0. The third-order valence-electron chi connectivity index (χ3n) is 2.35. The van der Waals surface area contributed by atoms with Crippen molar-refractivity contribution in [1.82, 2.24) is 4.31 Å². The summed E-state index contributed by atoms with van der Waals surface area (Å²) in [5.74, 6) is 0.219. The molecule has 0 rings (SSSR count). The zero-order valence-corrected chi connectivity index (χ0v) is 11.8. The fraction of sp³-hybridized carbons (Fsp3) is 1.00. The van der Waals surface area contributed by atoms with Crippen LogP contribution in [-0.4, -0.2) is 38.1 Å². The van der Waals surface area contributed by atoms with Gasteiger partial charge in [-0.25, -0.2) is 12.7 Å². The van der Waals surface area contributed by atoms with Gasteiger partial charge in [0, 0.05) is 19.6 Å². The van der Waals surface area contributed by atoms with Crippen LogP contribution in [0.1, 0.15) is 40.5 Å². The van der Waals surface area contributed by atoms with E-state index in [9.17, 15) is 8.42 Å². The molecule has 2 N–H and O–H groups in total. The molecule has 0 saturated heterocycles. The normalized spacial score (nSPS) is 13.4. The van der Waals surface area contributed by atoms with Gasteiger partial charge in [-0.2, -0.15) is 0 Å². The highest BCUT2D eigenvalue weighted by atomic mass is 32.2. The largest absolute Gasteiger partial charge is 0.329 e. The molecule has 0 amide bonds. The minimum Gasteiger partial charge on any atom is -0.329 e. The van der Waals surface area contributed by atoms with Gasteiger partial charge in [-0.3, -0.25) is 0 Å². The standard InChI is InChI=1S/C11H26N2O2S/c1-5-8-13(9-7-12)16(14,15)10-6-11(2,3)4/h5-10,12H2,1-4H3. The fourth-order valence-electron chi connectivity index (χ4n) is 1.35. The lowest BCUT2D eigenvalue weighted by Gasteiger charge is -2.24. The topological polar surface area (TPSA) is 63.4 Å². The Morgan fingerprint density at radius 3 is 2.12 bits per heavy atom. The molecule has 0 saturated carbocycles. The highest BCUT2D eigenvalue weighted by Crippen LogP contribution is 2.20. The van der Waals surface area contributed by atoms with Crippen molar-refractivity contribution in [2.24, 2.45) is 11.1 Å². The molecule has 98 valence electrons. The Hall–Kier alpha value is -0.130. The molecule has 0 aliphatic heterocycles. The number of hydrogen-bond donors (Lipinski definition) is 1. The summed E-state index contributed by atoms with van der Waals surface area (Å²) >= 11 is 0. The maximum atomic E-state index is 12.0. The van der Waals surface area contributed by atoms with Crippen molar-refractivity contribution in [2.75, 3.05) is 25.4 Å². The Morgan fingerprint density at radius 2 is 1.75 bits per heavy atom. The highest BCUT2D eigenvalue weighted by molar-refractivity contribution is 7.89. The molecular formula is C11H26N2O2S. The van der Waals surface area contributed by atoms with E-state index < -0.39 is 10.0 Å². The van der Waals surface area contributed by atoms with E-state index in [4.69, 9.17) is 5.73 Å². The van der Waals surface area contributed by atoms with Crippen LogP contribution < -0.4 is 5.73 Å². The average molecular weight is 250 g/mol. The molecule has 0 spiro atoms. The molecule has 0 heterocycles. The number of rotatable bonds is 7. The van der Waals surface area contributed by atoms with Crippen LogP contribution in [0.25, 0.3) is 0 Å². The lowest BCUT2D eigenvalue weighted by molar-refractivity contribution is 0.379. The van der Waals surface area contributed by atoms with E-state index in [0.29, 0.717) is 26.1 Å². The molecular weight excluding hydrogens is 224 g/mol. The molecule has 0 bridgehead atoms. The molecule has 5 heteroatoms. The second-order valence-corrected chi connectivity index (χ2v) is 7.40. The maximum Gasteiger partial charge on any atom is 0.214 e. The lowest BCUT2D eigenvalue weighted by atomic mass is 9.94. The van der Waals surface area contributed by atoms with E-state index in [2.05, 4.69) is 20.8 Å². The zero-order chi connectivity index (χ0) is 12.8. The van der Waals surface area contributed by atoms with Gasteiger partial charge in [0.15, 0.2) is 0 Å². The van der Waals surface area contributed by atoms with Gasteiger partial charge in [0.05, 0.1) is 5.75 Å². The van der Waals surface area contributed by atoms with Gasteiger partial charge in [-0.1, -0.05) is 27.7 Å². The predicted octanol–water partition coefficient (Wildman–Crippen LogP) is 1.42. The van der Waals surface area contributed by atoms with Gasteiger partial charge in [-0.15, -0.1) is 0 Å². The summed E-state index contributed by atoms with van der Waals surface area (Å²) in [6.07, 6.45) is 1.51. The quantitative estimate of drug-likeness (QED) is 0.743. The molecule has 0 atom stereocenters.